The van der Waals surface area contributed by atoms with Gasteiger partial charge in [-0.25, -0.2) is 0 Å². The Morgan fingerprint density at radius 1 is 0.295 bits per heavy atom. The Morgan fingerprint density at radius 3 is 1.50 bits per heavy atom. The molecule has 1 aliphatic carbocycles. The normalized spacial score (nSPS) is 13.1. The topological polar surface area (TPSA) is 6.48 Å². The molecule has 366 valence electrons. The van der Waals surface area contributed by atoms with Crippen molar-refractivity contribution >= 4 is 119 Å². The van der Waals surface area contributed by atoms with Gasteiger partial charge in [-0.05, 0) is 160 Å². The molecule has 16 rings (SSSR count). The van der Waals surface area contributed by atoms with Crippen molar-refractivity contribution in [3.63, 3.8) is 0 Å². The Morgan fingerprint density at radius 2 is 0.769 bits per heavy atom. The highest BCUT2D eigenvalue weighted by molar-refractivity contribution is 7.26. The molecule has 0 atom stereocenters. The zero-order chi connectivity index (χ0) is 51.6. The van der Waals surface area contributed by atoms with Crippen molar-refractivity contribution in [1.29, 1.82) is 0 Å². The van der Waals surface area contributed by atoms with Crippen LogP contribution in [-0.4, -0.2) is 0 Å². The minimum Gasteiger partial charge on any atom is -0.310 e. The minimum absolute atomic E-state index is 0.202. The third-order valence-corrected chi connectivity index (χ3v) is 18.1. The van der Waals surface area contributed by atoms with Gasteiger partial charge in [-0.15, -0.1) is 11.3 Å². The fraction of sp³-hybridized carbons (Fsp3) is 0.0400. The van der Waals surface area contributed by atoms with Crippen molar-refractivity contribution in [2.24, 2.45) is 0 Å². The summed E-state index contributed by atoms with van der Waals surface area (Å²) in [6, 6.07) is 100. The summed E-state index contributed by atoms with van der Waals surface area (Å²) in [4.78, 5) is 4.98. The first kappa shape index (κ1) is 44.7. The Balaban J connectivity index is 1.05. The van der Waals surface area contributed by atoms with Gasteiger partial charge < -0.3 is 9.80 Å². The fourth-order valence-corrected chi connectivity index (χ4v) is 14.6. The van der Waals surface area contributed by atoms with Gasteiger partial charge in [0.2, 0.25) is 0 Å². The number of anilines is 6. The molecule has 0 fully saturated rings. The standard InChI is InChI=1S/C75H50N2S/c1-75(2)67-33-17-14-29-59(67)60-40-37-50(46-68(60)75)76(49-38-42-70-66(45-49)57-28-11-10-26-55(57)61-30-15-18-34-69(61)77(70)47-20-4-3-5-21-47)48-36-39-58-54-25-9-7-23-52(54)51-22-6-8-24-53(51)56-27-12-13-31-62(56)73-63(65(58)44-48)41-43-72-74(73)64-32-16-19-35-71(64)78-72/h3-46H,1-2H3. The lowest BCUT2D eigenvalue weighted by Gasteiger charge is -2.31. The van der Waals surface area contributed by atoms with E-state index in [9.17, 15) is 0 Å². The van der Waals surface area contributed by atoms with Crippen molar-refractivity contribution < 1.29 is 0 Å². The van der Waals surface area contributed by atoms with Gasteiger partial charge in [0.05, 0.1) is 11.4 Å². The molecule has 0 bridgehead atoms. The molecule has 13 aromatic carbocycles. The van der Waals surface area contributed by atoms with E-state index < -0.39 is 0 Å². The molecule has 1 aromatic heterocycles. The predicted molar refractivity (Wildman–Crippen MR) is 336 cm³/mol. The monoisotopic (exact) mass is 1010 g/mol. The molecule has 3 heteroatoms. The average molecular weight is 1010 g/mol. The molecule has 0 saturated carbocycles. The van der Waals surface area contributed by atoms with Gasteiger partial charge in [-0.1, -0.05) is 208 Å². The first-order valence-electron chi connectivity index (χ1n) is 27.1. The summed E-state index contributed by atoms with van der Waals surface area (Å²) in [6.45, 7) is 4.77. The second kappa shape index (κ2) is 17.2. The van der Waals surface area contributed by atoms with E-state index in [2.05, 4.69) is 291 Å². The molecule has 1 aliphatic heterocycles. The van der Waals surface area contributed by atoms with E-state index in [0.29, 0.717) is 0 Å². The first-order chi connectivity index (χ1) is 38.5. The number of nitrogens with zero attached hydrogens (tertiary/aromatic N) is 2. The highest BCUT2D eigenvalue weighted by Crippen LogP contribution is 2.55. The van der Waals surface area contributed by atoms with Crippen LogP contribution in [-0.2, 0) is 5.41 Å². The number of fused-ring (bicyclic) bond motifs is 22. The summed E-state index contributed by atoms with van der Waals surface area (Å²) in [7, 11) is 0. The number of thiophene rings is 1. The molecular formula is C75H50N2S. The smallest absolute Gasteiger partial charge is 0.0542 e. The Kier molecular flexibility index (Phi) is 9.89. The fourth-order valence-electron chi connectivity index (χ4n) is 13.5. The molecule has 2 aliphatic rings. The molecule has 14 aromatic rings. The van der Waals surface area contributed by atoms with E-state index in [1.165, 1.54) is 119 Å². The molecular weight excluding hydrogens is 961 g/mol. The van der Waals surface area contributed by atoms with Crippen LogP contribution in [0.5, 0.6) is 0 Å². The van der Waals surface area contributed by atoms with Gasteiger partial charge in [0, 0.05) is 59.5 Å². The van der Waals surface area contributed by atoms with Crippen molar-refractivity contribution in [1.82, 2.24) is 0 Å². The van der Waals surface area contributed by atoms with Gasteiger partial charge >= 0.3 is 0 Å². The van der Waals surface area contributed by atoms with Crippen LogP contribution in [0.2, 0.25) is 0 Å². The van der Waals surface area contributed by atoms with Crippen LogP contribution in [0.25, 0.3) is 107 Å². The van der Waals surface area contributed by atoms with Crippen LogP contribution in [0.4, 0.5) is 34.1 Å². The Hall–Kier alpha value is -9.54. The number of para-hydroxylation sites is 2. The second-order valence-electron chi connectivity index (χ2n) is 21.5. The lowest BCUT2D eigenvalue weighted by atomic mass is 9.82. The number of hydrogen-bond acceptors (Lipinski definition) is 3. The lowest BCUT2D eigenvalue weighted by Crippen LogP contribution is -2.17. The SMILES string of the molecule is CC1(C)c2ccccc2-c2ccc(N(c3ccc4c(c3)-c3ccccc3-c3ccccc3N4c3ccccc3)c3ccc4c5ccccc5c5ccccc5c5ccccc5c5c(ccc6sc7ccccc7c65)c4c3)cc21. The molecule has 2 heterocycles. The van der Waals surface area contributed by atoms with E-state index in [1.807, 2.05) is 11.3 Å². The minimum atomic E-state index is -0.202. The molecule has 0 unspecified atom stereocenters. The maximum Gasteiger partial charge on any atom is 0.0542 e. The zero-order valence-electron chi connectivity index (χ0n) is 43.2. The largest absolute Gasteiger partial charge is 0.310 e. The van der Waals surface area contributed by atoms with Gasteiger partial charge in [0.15, 0.2) is 0 Å². The second-order valence-corrected chi connectivity index (χ2v) is 22.6. The van der Waals surface area contributed by atoms with Crippen LogP contribution in [0.15, 0.2) is 267 Å². The lowest BCUT2D eigenvalue weighted by molar-refractivity contribution is 0.660. The Labute approximate surface area is 457 Å². The summed E-state index contributed by atoms with van der Waals surface area (Å²) >= 11 is 1.88. The van der Waals surface area contributed by atoms with Gasteiger partial charge in [-0.2, -0.15) is 0 Å². The van der Waals surface area contributed by atoms with Gasteiger partial charge in [0.25, 0.3) is 0 Å². The van der Waals surface area contributed by atoms with Crippen molar-refractivity contribution in [3.8, 4) is 33.4 Å². The predicted octanol–water partition coefficient (Wildman–Crippen LogP) is 21.8. The highest BCUT2D eigenvalue weighted by Gasteiger charge is 2.36. The van der Waals surface area contributed by atoms with Crippen LogP contribution in [0.1, 0.15) is 25.0 Å². The highest BCUT2D eigenvalue weighted by atomic mass is 32.1. The molecule has 2 nitrogen and oxygen atoms in total. The van der Waals surface area contributed by atoms with E-state index in [4.69, 9.17) is 0 Å². The quantitative estimate of drug-likeness (QED) is 0.173. The summed E-state index contributed by atoms with van der Waals surface area (Å²) in [5.74, 6) is 0. The molecule has 0 radical (unpaired) electrons. The van der Waals surface area contributed by atoms with Crippen LogP contribution < -0.4 is 9.80 Å². The number of hydrogen-bond donors (Lipinski definition) is 0. The van der Waals surface area contributed by atoms with Crippen LogP contribution >= 0.6 is 11.3 Å². The third-order valence-electron chi connectivity index (χ3n) is 17.0. The summed E-state index contributed by atoms with van der Waals surface area (Å²) in [6.07, 6.45) is 0. The molecule has 0 saturated heterocycles. The maximum absolute atomic E-state index is 2.53. The van der Waals surface area contributed by atoms with Crippen molar-refractivity contribution in [2.75, 3.05) is 9.80 Å². The van der Waals surface area contributed by atoms with E-state index in [0.717, 1.165) is 34.1 Å². The summed E-state index contributed by atoms with van der Waals surface area (Å²) < 4.78 is 2.58. The molecule has 78 heavy (non-hydrogen) atoms. The van der Waals surface area contributed by atoms with Gasteiger partial charge in [0.1, 0.15) is 0 Å². The average Bonchev–Trinajstić information content (AvgIpc) is 4.15. The van der Waals surface area contributed by atoms with Crippen molar-refractivity contribution in [3.05, 3.63) is 278 Å². The third kappa shape index (κ3) is 6.62. The molecule has 0 amide bonds. The molecule has 0 spiro atoms. The van der Waals surface area contributed by atoms with E-state index in [1.54, 1.807) is 0 Å². The molecule has 0 N–H and O–H groups in total. The van der Waals surface area contributed by atoms with E-state index in [-0.39, 0.29) is 5.41 Å². The number of benzene rings is 12. The van der Waals surface area contributed by atoms with Gasteiger partial charge in [-0.3, -0.25) is 0 Å². The zero-order valence-corrected chi connectivity index (χ0v) is 44.0. The van der Waals surface area contributed by atoms with Crippen molar-refractivity contribution in [2.45, 2.75) is 19.3 Å². The van der Waals surface area contributed by atoms with E-state index >= 15 is 0 Å². The Bertz CT molecular complexity index is 4910. The number of rotatable bonds is 4. The summed E-state index contributed by atoms with van der Waals surface area (Å²) in [5, 5.41) is 14.8. The van der Waals surface area contributed by atoms with Crippen LogP contribution in [0.3, 0.4) is 0 Å². The first-order valence-corrected chi connectivity index (χ1v) is 27.9. The van der Waals surface area contributed by atoms with Crippen LogP contribution in [0, 0.1) is 0 Å². The maximum atomic E-state index is 2.53. The summed E-state index contributed by atoms with van der Waals surface area (Å²) in [5.41, 5.74) is 16.6.